The van der Waals surface area contributed by atoms with E-state index in [4.69, 9.17) is 4.74 Å². The molecule has 6 nitrogen and oxygen atoms in total. The first-order valence-corrected chi connectivity index (χ1v) is 8.14. The van der Waals surface area contributed by atoms with E-state index in [1.165, 1.54) is 6.20 Å². The minimum Gasteiger partial charge on any atom is -0.481 e. The first kappa shape index (κ1) is 16.0. The van der Waals surface area contributed by atoms with Crippen LogP contribution < -0.4 is 10.3 Å². The highest BCUT2D eigenvalue weighted by molar-refractivity contribution is 5.69. The zero-order chi connectivity index (χ0) is 17.9. The molecule has 1 aromatic carbocycles. The van der Waals surface area contributed by atoms with Crippen molar-refractivity contribution in [3.63, 3.8) is 0 Å². The van der Waals surface area contributed by atoms with Crippen LogP contribution in [-0.2, 0) is 6.54 Å². The minimum absolute atomic E-state index is 0.174. The molecule has 0 aliphatic rings. The lowest BCUT2D eigenvalue weighted by Gasteiger charge is -2.10. The van der Waals surface area contributed by atoms with E-state index in [1.54, 1.807) is 24.1 Å². The summed E-state index contributed by atoms with van der Waals surface area (Å²) < 4.78 is 6.83. The van der Waals surface area contributed by atoms with Gasteiger partial charge in [0.1, 0.15) is 5.52 Å². The van der Waals surface area contributed by atoms with E-state index in [2.05, 4.69) is 21.0 Å². The molecular weight excluding hydrogens is 328 g/mol. The van der Waals surface area contributed by atoms with Gasteiger partial charge in [0.25, 0.3) is 5.56 Å². The van der Waals surface area contributed by atoms with Crippen molar-refractivity contribution < 1.29 is 4.74 Å². The lowest BCUT2D eigenvalue weighted by atomic mass is 10.0. The van der Waals surface area contributed by atoms with Gasteiger partial charge in [-0.05, 0) is 41.0 Å². The lowest BCUT2D eigenvalue weighted by Crippen LogP contribution is -2.21. The van der Waals surface area contributed by atoms with Gasteiger partial charge in [-0.2, -0.15) is 0 Å². The fourth-order valence-electron chi connectivity index (χ4n) is 2.88. The van der Waals surface area contributed by atoms with E-state index < -0.39 is 0 Å². The maximum Gasteiger partial charge on any atom is 0.270 e. The predicted octanol–water partition coefficient (Wildman–Crippen LogP) is 2.91. The van der Waals surface area contributed by atoms with Crippen LogP contribution >= 0.6 is 0 Å². The predicted molar refractivity (Wildman–Crippen MR) is 99.1 cm³/mol. The molecule has 0 radical (unpaired) electrons. The van der Waals surface area contributed by atoms with Crippen molar-refractivity contribution in [2.75, 3.05) is 7.11 Å². The number of rotatable bonds is 4. The van der Waals surface area contributed by atoms with Gasteiger partial charge in [0.05, 0.1) is 19.9 Å². The second-order valence-corrected chi connectivity index (χ2v) is 5.82. The zero-order valence-corrected chi connectivity index (χ0v) is 14.2. The summed E-state index contributed by atoms with van der Waals surface area (Å²) in [6, 6.07) is 15.5. The van der Waals surface area contributed by atoms with Gasteiger partial charge in [-0.1, -0.05) is 18.2 Å². The SMILES string of the molecule is COc1cc(-c2cccc(Cn3c(=O)cnc4cccnc43)c2)ccn1. The summed E-state index contributed by atoms with van der Waals surface area (Å²) in [6.45, 7) is 0.422. The first-order chi connectivity index (χ1) is 12.7. The van der Waals surface area contributed by atoms with Crippen LogP contribution in [0, 0.1) is 0 Å². The van der Waals surface area contributed by atoms with Crippen molar-refractivity contribution >= 4 is 11.2 Å². The van der Waals surface area contributed by atoms with Gasteiger partial charge in [0.15, 0.2) is 5.65 Å². The highest BCUT2D eigenvalue weighted by Crippen LogP contribution is 2.23. The monoisotopic (exact) mass is 344 g/mol. The molecule has 0 amide bonds. The van der Waals surface area contributed by atoms with Gasteiger partial charge < -0.3 is 4.74 Å². The van der Waals surface area contributed by atoms with Gasteiger partial charge in [-0.3, -0.25) is 9.36 Å². The lowest BCUT2D eigenvalue weighted by molar-refractivity contribution is 0.398. The van der Waals surface area contributed by atoms with Crippen LogP contribution in [0.4, 0.5) is 0 Å². The molecule has 0 saturated heterocycles. The quantitative estimate of drug-likeness (QED) is 0.569. The standard InChI is InChI=1S/C20H16N4O2/c1-26-18-11-16(7-9-21-18)15-5-2-4-14(10-15)13-24-19(25)12-23-17-6-3-8-22-20(17)24/h2-12H,13H2,1H3. The molecule has 0 atom stereocenters. The van der Waals surface area contributed by atoms with Crippen molar-refractivity contribution in [3.05, 3.63) is 83.0 Å². The number of methoxy groups -OCH3 is 1. The van der Waals surface area contributed by atoms with Crippen LogP contribution in [0.3, 0.4) is 0 Å². The smallest absolute Gasteiger partial charge is 0.270 e. The molecule has 128 valence electrons. The molecular formula is C20H16N4O2. The summed E-state index contributed by atoms with van der Waals surface area (Å²) >= 11 is 0. The molecule has 0 saturated carbocycles. The van der Waals surface area contributed by atoms with E-state index in [1.807, 2.05) is 42.5 Å². The first-order valence-electron chi connectivity index (χ1n) is 8.14. The number of fused-ring (bicyclic) bond motifs is 1. The van der Waals surface area contributed by atoms with Crippen LogP contribution in [-0.4, -0.2) is 26.6 Å². The van der Waals surface area contributed by atoms with Crippen molar-refractivity contribution in [1.29, 1.82) is 0 Å². The van der Waals surface area contributed by atoms with E-state index in [0.717, 1.165) is 16.7 Å². The summed E-state index contributed by atoms with van der Waals surface area (Å²) in [5.74, 6) is 0.563. The fourth-order valence-corrected chi connectivity index (χ4v) is 2.88. The Morgan fingerprint density at radius 3 is 2.73 bits per heavy atom. The van der Waals surface area contributed by atoms with Crippen LogP contribution in [0.1, 0.15) is 5.56 Å². The maximum absolute atomic E-state index is 12.3. The number of hydrogen-bond acceptors (Lipinski definition) is 5. The molecule has 0 spiro atoms. The number of aromatic nitrogens is 4. The fraction of sp³-hybridized carbons (Fsp3) is 0.100. The Kier molecular flexibility index (Phi) is 4.15. The van der Waals surface area contributed by atoms with Gasteiger partial charge in [-0.15, -0.1) is 0 Å². The third-order valence-corrected chi connectivity index (χ3v) is 4.15. The normalized spacial score (nSPS) is 10.8. The van der Waals surface area contributed by atoms with Crippen molar-refractivity contribution in [3.8, 4) is 17.0 Å². The Hall–Kier alpha value is -3.54. The third-order valence-electron chi connectivity index (χ3n) is 4.15. The van der Waals surface area contributed by atoms with Gasteiger partial charge in [-0.25, -0.2) is 15.0 Å². The number of benzene rings is 1. The molecule has 3 aromatic heterocycles. The summed E-state index contributed by atoms with van der Waals surface area (Å²) in [4.78, 5) is 24.9. The molecule has 26 heavy (non-hydrogen) atoms. The van der Waals surface area contributed by atoms with Crippen molar-refractivity contribution in [2.24, 2.45) is 0 Å². The van der Waals surface area contributed by atoms with E-state index in [-0.39, 0.29) is 5.56 Å². The molecule has 4 rings (SSSR count). The Labute approximate surface area is 149 Å². The summed E-state index contributed by atoms with van der Waals surface area (Å²) in [6.07, 6.45) is 4.72. The Bertz CT molecular complexity index is 1140. The Morgan fingerprint density at radius 2 is 1.85 bits per heavy atom. The molecule has 0 fully saturated rings. The average Bonchev–Trinajstić information content (AvgIpc) is 2.70. The molecule has 6 heteroatoms. The second kappa shape index (κ2) is 6.76. The van der Waals surface area contributed by atoms with Crippen molar-refractivity contribution in [2.45, 2.75) is 6.54 Å². The Balaban J connectivity index is 1.74. The molecule has 0 aliphatic carbocycles. The second-order valence-electron chi connectivity index (χ2n) is 5.82. The summed E-state index contributed by atoms with van der Waals surface area (Å²) in [7, 11) is 1.59. The van der Waals surface area contributed by atoms with Crippen LogP contribution in [0.2, 0.25) is 0 Å². The minimum atomic E-state index is -0.174. The molecule has 0 N–H and O–H groups in total. The van der Waals surface area contributed by atoms with Crippen LogP contribution in [0.15, 0.2) is 71.9 Å². The molecule has 3 heterocycles. The van der Waals surface area contributed by atoms with Crippen LogP contribution in [0.25, 0.3) is 22.3 Å². The highest BCUT2D eigenvalue weighted by Gasteiger charge is 2.07. The van der Waals surface area contributed by atoms with Gasteiger partial charge >= 0.3 is 0 Å². The molecule has 4 aromatic rings. The zero-order valence-electron chi connectivity index (χ0n) is 14.2. The molecule has 0 aliphatic heterocycles. The third kappa shape index (κ3) is 3.04. The number of hydrogen-bond donors (Lipinski definition) is 0. The summed E-state index contributed by atoms with van der Waals surface area (Å²) in [5.41, 5.74) is 4.13. The summed E-state index contributed by atoms with van der Waals surface area (Å²) in [5, 5.41) is 0. The van der Waals surface area contributed by atoms with Gasteiger partial charge in [0, 0.05) is 18.5 Å². The average molecular weight is 344 g/mol. The molecule has 0 bridgehead atoms. The van der Waals surface area contributed by atoms with E-state index in [9.17, 15) is 4.79 Å². The number of ether oxygens (including phenoxy) is 1. The highest BCUT2D eigenvalue weighted by atomic mass is 16.5. The molecule has 0 unspecified atom stereocenters. The van der Waals surface area contributed by atoms with Gasteiger partial charge in [0.2, 0.25) is 5.88 Å². The topological polar surface area (TPSA) is 69.9 Å². The number of nitrogens with zero attached hydrogens (tertiary/aromatic N) is 4. The van der Waals surface area contributed by atoms with Crippen molar-refractivity contribution in [1.82, 2.24) is 19.5 Å². The van der Waals surface area contributed by atoms with E-state index in [0.29, 0.717) is 23.6 Å². The van der Waals surface area contributed by atoms with E-state index >= 15 is 0 Å². The number of pyridine rings is 2. The Morgan fingerprint density at radius 1 is 0.962 bits per heavy atom. The largest absolute Gasteiger partial charge is 0.481 e. The maximum atomic E-state index is 12.3. The van der Waals surface area contributed by atoms with Crippen LogP contribution in [0.5, 0.6) is 5.88 Å².